The third-order valence-electron chi connectivity index (χ3n) is 2.04. The van der Waals surface area contributed by atoms with E-state index >= 15 is 0 Å². The quantitative estimate of drug-likeness (QED) is 0.655. The summed E-state index contributed by atoms with van der Waals surface area (Å²) >= 11 is 0. The Bertz CT molecular complexity index is 309. The average molecular weight is 208 g/mol. The van der Waals surface area contributed by atoms with E-state index in [1.807, 2.05) is 31.3 Å². The molecule has 3 N–H and O–H groups in total. The first kappa shape index (κ1) is 11.5. The average Bonchev–Trinajstić information content (AvgIpc) is 2.27. The first-order chi connectivity index (χ1) is 7.26. The second-order valence-electron chi connectivity index (χ2n) is 3.20. The molecule has 1 amide bonds. The largest absolute Gasteiger partial charge is 0.395 e. The lowest BCUT2D eigenvalue weighted by molar-refractivity contribution is -0.120. The van der Waals surface area contributed by atoms with E-state index in [4.69, 9.17) is 5.11 Å². The van der Waals surface area contributed by atoms with Crippen LogP contribution in [0.15, 0.2) is 24.3 Å². The van der Waals surface area contributed by atoms with E-state index in [2.05, 4.69) is 10.6 Å². The van der Waals surface area contributed by atoms with Crippen LogP contribution in [0.3, 0.4) is 0 Å². The van der Waals surface area contributed by atoms with Gasteiger partial charge < -0.3 is 15.7 Å². The highest BCUT2D eigenvalue weighted by atomic mass is 16.3. The lowest BCUT2D eigenvalue weighted by atomic mass is 10.1. The van der Waals surface area contributed by atoms with Crippen LogP contribution in [0.4, 0.5) is 5.69 Å². The minimum Gasteiger partial charge on any atom is -0.395 e. The maximum absolute atomic E-state index is 11.3. The Morgan fingerprint density at radius 2 is 2.00 bits per heavy atom. The highest BCUT2D eigenvalue weighted by Crippen LogP contribution is 2.08. The van der Waals surface area contributed by atoms with Crippen molar-refractivity contribution >= 4 is 11.6 Å². The van der Waals surface area contributed by atoms with Crippen LogP contribution >= 0.6 is 0 Å². The summed E-state index contributed by atoms with van der Waals surface area (Å²) < 4.78 is 0. The van der Waals surface area contributed by atoms with Gasteiger partial charge in [-0.25, -0.2) is 0 Å². The molecule has 0 bridgehead atoms. The molecular formula is C11H16N2O2. The fourth-order valence-corrected chi connectivity index (χ4v) is 1.23. The number of aliphatic hydroxyl groups is 1. The zero-order chi connectivity index (χ0) is 11.1. The third-order valence-corrected chi connectivity index (χ3v) is 2.04. The molecule has 0 aromatic heterocycles. The summed E-state index contributed by atoms with van der Waals surface area (Å²) in [5, 5.41) is 14.1. The van der Waals surface area contributed by atoms with Gasteiger partial charge in [0.15, 0.2) is 0 Å². The maximum atomic E-state index is 11.3. The first-order valence-corrected chi connectivity index (χ1v) is 4.90. The van der Waals surface area contributed by atoms with Crippen molar-refractivity contribution in [3.63, 3.8) is 0 Å². The molecule has 1 rings (SSSR count). The topological polar surface area (TPSA) is 61.4 Å². The Morgan fingerprint density at radius 3 is 2.53 bits per heavy atom. The number of nitrogens with one attached hydrogen (secondary N) is 2. The van der Waals surface area contributed by atoms with E-state index in [1.54, 1.807) is 0 Å². The van der Waals surface area contributed by atoms with Gasteiger partial charge in [0.2, 0.25) is 5.91 Å². The molecule has 4 nitrogen and oxygen atoms in total. The van der Waals surface area contributed by atoms with Gasteiger partial charge in [-0.15, -0.1) is 0 Å². The maximum Gasteiger partial charge on any atom is 0.224 e. The lowest BCUT2D eigenvalue weighted by Gasteiger charge is -2.04. The fraction of sp³-hybridized carbons (Fsp3) is 0.364. The Kier molecular flexibility index (Phi) is 4.63. The Hall–Kier alpha value is -1.55. The molecule has 0 saturated carbocycles. The molecule has 0 aliphatic rings. The third kappa shape index (κ3) is 3.99. The van der Waals surface area contributed by atoms with Crippen molar-refractivity contribution in [3.05, 3.63) is 29.8 Å². The van der Waals surface area contributed by atoms with Crippen LogP contribution in [0.2, 0.25) is 0 Å². The van der Waals surface area contributed by atoms with Crippen LogP contribution < -0.4 is 10.6 Å². The smallest absolute Gasteiger partial charge is 0.224 e. The fourth-order valence-electron chi connectivity index (χ4n) is 1.23. The van der Waals surface area contributed by atoms with Gasteiger partial charge in [-0.3, -0.25) is 4.79 Å². The van der Waals surface area contributed by atoms with Crippen molar-refractivity contribution in [2.45, 2.75) is 6.42 Å². The molecule has 0 aliphatic heterocycles. The number of rotatable bonds is 5. The number of anilines is 1. The number of hydrogen-bond acceptors (Lipinski definition) is 3. The molecule has 0 radical (unpaired) electrons. The molecule has 0 unspecified atom stereocenters. The molecule has 0 spiro atoms. The van der Waals surface area contributed by atoms with E-state index in [0.29, 0.717) is 13.0 Å². The number of carbonyl (C=O) groups is 1. The molecule has 0 saturated heterocycles. The number of benzene rings is 1. The zero-order valence-electron chi connectivity index (χ0n) is 8.79. The van der Waals surface area contributed by atoms with Gasteiger partial charge in [0.25, 0.3) is 0 Å². The molecule has 0 heterocycles. The van der Waals surface area contributed by atoms with Crippen LogP contribution in [0.25, 0.3) is 0 Å². The molecule has 0 atom stereocenters. The minimum atomic E-state index is -0.0683. The predicted octanol–water partition coefficient (Wildman–Crippen LogP) is 0.379. The second-order valence-corrected chi connectivity index (χ2v) is 3.20. The number of carbonyl (C=O) groups excluding carboxylic acids is 1. The minimum absolute atomic E-state index is 0.0234. The van der Waals surface area contributed by atoms with E-state index in [-0.39, 0.29) is 12.5 Å². The van der Waals surface area contributed by atoms with Crippen molar-refractivity contribution in [1.29, 1.82) is 0 Å². The van der Waals surface area contributed by atoms with Gasteiger partial charge >= 0.3 is 0 Å². The van der Waals surface area contributed by atoms with Crippen molar-refractivity contribution in [3.8, 4) is 0 Å². The second kappa shape index (κ2) is 6.03. The molecule has 0 fully saturated rings. The number of aliphatic hydroxyl groups excluding tert-OH is 1. The normalized spacial score (nSPS) is 9.73. The van der Waals surface area contributed by atoms with Gasteiger partial charge in [0.05, 0.1) is 13.0 Å². The molecule has 0 aliphatic carbocycles. The SMILES string of the molecule is CNc1ccc(CC(=O)NCCO)cc1. The van der Waals surface area contributed by atoms with Gasteiger partial charge in [-0.2, -0.15) is 0 Å². The molecule has 4 heteroatoms. The van der Waals surface area contributed by atoms with Crippen molar-refractivity contribution in [2.75, 3.05) is 25.5 Å². The van der Waals surface area contributed by atoms with Crippen molar-refractivity contribution < 1.29 is 9.90 Å². The lowest BCUT2D eigenvalue weighted by Crippen LogP contribution is -2.27. The first-order valence-electron chi connectivity index (χ1n) is 4.90. The summed E-state index contributed by atoms with van der Waals surface area (Å²) in [7, 11) is 1.85. The van der Waals surface area contributed by atoms with Gasteiger partial charge in [-0.05, 0) is 17.7 Å². The van der Waals surface area contributed by atoms with E-state index in [0.717, 1.165) is 11.3 Å². The highest BCUT2D eigenvalue weighted by Gasteiger charge is 2.01. The summed E-state index contributed by atoms with van der Waals surface area (Å²) in [6.07, 6.45) is 0.351. The summed E-state index contributed by atoms with van der Waals surface area (Å²) in [5.74, 6) is -0.0683. The Balaban J connectivity index is 2.46. The van der Waals surface area contributed by atoms with Crippen molar-refractivity contribution in [2.24, 2.45) is 0 Å². The van der Waals surface area contributed by atoms with Crippen LogP contribution in [0.5, 0.6) is 0 Å². The Labute approximate surface area is 89.3 Å². The summed E-state index contributed by atoms with van der Waals surface area (Å²) in [6, 6.07) is 7.66. The van der Waals surface area contributed by atoms with Crippen LogP contribution in [-0.2, 0) is 11.2 Å². The summed E-state index contributed by atoms with van der Waals surface area (Å²) in [4.78, 5) is 11.3. The zero-order valence-corrected chi connectivity index (χ0v) is 8.79. The van der Waals surface area contributed by atoms with Crippen molar-refractivity contribution in [1.82, 2.24) is 5.32 Å². The predicted molar refractivity (Wildman–Crippen MR) is 59.8 cm³/mol. The summed E-state index contributed by atoms with van der Waals surface area (Å²) in [5.41, 5.74) is 1.99. The monoisotopic (exact) mass is 208 g/mol. The molecular weight excluding hydrogens is 192 g/mol. The summed E-state index contributed by atoms with van der Waals surface area (Å²) in [6.45, 7) is 0.290. The van der Waals surface area contributed by atoms with Gasteiger partial charge in [0.1, 0.15) is 0 Å². The van der Waals surface area contributed by atoms with Gasteiger partial charge in [-0.1, -0.05) is 12.1 Å². The highest BCUT2D eigenvalue weighted by molar-refractivity contribution is 5.78. The van der Waals surface area contributed by atoms with E-state index < -0.39 is 0 Å². The molecule has 15 heavy (non-hydrogen) atoms. The van der Waals surface area contributed by atoms with Crippen LogP contribution in [0.1, 0.15) is 5.56 Å². The van der Waals surface area contributed by atoms with Crippen LogP contribution in [0, 0.1) is 0 Å². The standard InChI is InChI=1S/C11H16N2O2/c1-12-10-4-2-9(3-5-10)8-11(15)13-6-7-14/h2-5,12,14H,6-8H2,1H3,(H,13,15). The Morgan fingerprint density at radius 1 is 1.33 bits per heavy atom. The number of hydrogen-bond donors (Lipinski definition) is 3. The van der Waals surface area contributed by atoms with Crippen LogP contribution in [-0.4, -0.2) is 31.2 Å². The van der Waals surface area contributed by atoms with E-state index in [9.17, 15) is 4.79 Å². The van der Waals surface area contributed by atoms with Gasteiger partial charge in [0, 0.05) is 19.3 Å². The number of amides is 1. The molecule has 1 aromatic rings. The molecule has 82 valence electrons. The van der Waals surface area contributed by atoms with E-state index in [1.165, 1.54) is 0 Å². The molecule has 1 aromatic carbocycles.